The fourth-order valence-corrected chi connectivity index (χ4v) is 2.92. The van der Waals surface area contributed by atoms with Crippen molar-refractivity contribution in [3.63, 3.8) is 0 Å². The summed E-state index contributed by atoms with van der Waals surface area (Å²) in [5.74, 6) is -1.04. The van der Waals surface area contributed by atoms with Crippen molar-refractivity contribution in [1.82, 2.24) is 0 Å². The second kappa shape index (κ2) is 4.31. The SMILES string of the molecule is O=C1O[C@H](C2=C(O)c3ccccc3C2=O)C(Br)=C1Br. The molecule has 2 aliphatic rings. The highest BCUT2D eigenvalue weighted by atomic mass is 79.9. The molecule has 96 valence electrons. The normalized spacial score (nSPS) is 22.1. The van der Waals surface area contributed by atoms with Gasteiger partial charge in [-0.05, 0) is 31.9 Å². The van der Waals surface area contributed by atoms with E-state index < -0.39 is 12.1 Å². The number of hydrogen-bond acceptors (Lipinski definition) is 4. The molecule has 0 bridgehead atoms. The zero-order chi connectivity index (χ0) is 13.7. The van der Waals surface area contributed by atoms with Crippen molar-refractivity contribution < 1.29 is 19.4 Å². The number of ether oxygens (including phenoxy) is 1. The van der Waals surface area contributed by atoms with Gasteiger partial charge in [0.05, 0.1) is 10.1 Å². The molecule has 1 atom stereocenters. The number of esters is 1. The number of carbonyl (C=O) groups excluding carboxylic acids is 2. The van der Waals surface area contributed by atoms with Gasteiger partial charge in [-0.3, -0.25) is 4.79 Å². The van der Waals surface area contributed by atoms with Gasteiger partial charge in [0, 0.05) is 11.1 Å². The molecule has 1 N–H and O–H groups in total. The molecule has 1 aromatic rings. The molecule has 0 spiro atoms. The van der Waals surface area contributed by atoms with E-state index in [0.29, 0.717) is 15.6 Å². The van der Waals surface area contributed by atoms with Crippen LogP contribution in [0.3, 0.4) is 0 Å². The topological polar surface area (TPSA) is 63.6 Å². The smallest absolute Gasteiger partial charge is 0.347 e. The summed E-state index contributed by atoms with van der Waals surface area (Å²) in [4.78, 5) is 23.8. The first-order valence-corrected chi connectivity index (χ1v) is 6.94. The Bertz CT molecular complexity index is 688. The van der Waals surface area contributed by atoms with Gasteiger partial charge in [0.25, 0.3) is 0 Å². The summed E-state index contributed by atoms with van der Waals surface area (Å²) in [5.41, 5.74) is 0.951. The standard InChI is InChI=1S/C13H6Br2O4/c14-8-9(15)13(18)19-12(8)7-10(16)5-3-1-2-4-6(5)11(7)17/h1-4,12,16H/t12-/m1/s1. The molecule has 3 rings (SSSR count). The van der Waals surface area contributed by atoms with Gasteiger partial charge in [-0.15, -0.1) is 0 Å². The predicted molar refractivity (Wildman–Crippen MR) is 75.1 cm³/mol. The van der Waals surface area contributed by atoms with E-state index in [1.54, 1.807) is 24.3 Å². The third kappa shape index (κ3) is 1.70. The molecule has 6 heteroatoms. The Kier molecular flexibility index (Phi) is 2.87. The second-order valence-electron chi connectivity index (χ2n) is 4.08. The molecule has 1 aliphatic carbocycles. The molecule has 0 fully saturated rings. The second-order valence-corrected chi connectivity index (χ2v) is 5.73. The third-order valence-electron chi connectivity index (χ3n) is 3.03. The number of hydrogen-bond donors (Lipinski definition) is 1. The Morgan fingerprint density at radius 3 is 2.26 bits per heavy atom. The summed E-state index contributed by atoms with van der Waals surface area (Å²) >= 11 is 6.28. The fourth-order valence-electron chi connectivity index (χ4n) is 2.14. The van der Waals surface area contributed by atoms with Gasteiger partial charge >= 0.3 is 5.97 Å². The van der Waals surface area contributed by atoms with Gasteiger partial charge in [-0.2, -0.15) is 0 Å². The lowest BCUT2D eigenvalue weighted by atomic mass is 10.1. The number of cyclic esters (lactones) is 1. The van der Waals surface area contributed by atoms with Crippen LogP contribution in [0.1, 0.15) is 15.9 Å². The van der Waals surface area contributed by atoms with Crippen LogP contribution in [-0.2, 0) is 9.53 Å². The van der Waals surface area contributed by atoms with Crippen LogP contribution in [0.25, 0.3) is 5.76 Å². The predicted octanol–water partition coefficient (Wildman–Crippen LogP) is 3.08. The first kappa shape index (κ1) is 12.6. The zero-order valence-electron chi connectivity index (χ0n) is 9.31. The van der Waals surface area contributed by atoms with Crippen molar-refractivity contribution >= 4 is 49.4 Å². The van der Waals surface area contributed by atoms with E-state index in [0.717, 1.165) is 0 Å². The molecule has 4 nitrogen and oxygen atoms in total. The lowest BCUT2D eigenvalue weighted by Gasteiger charge is -2.11. The average molecular weight is 386 g/mol. The Balaban J connectivity index is 2.13. The van der Waals surface area contributed by atoms with Crippen LogP contribution < -0.4 is 0 Å². The molecule has 1 heterocycles. The third-order valence-corrected chi connectivity index (χ3v) is 5.13. The largest absolute Gasteiger partial charge is 0.507 e. The van der Waals surface area contributed by atoms with Crippen LogP contribution in [0.4, 0.5) is 0 Å². The van der Waals surface area contributed by atoms with Crippen molar-refractivity contribution in [2.24, 2.45) is 0 Å². The van der Waals surface area contributed by atoms with E-state index in [9.17, 15) is 14.7 Å². The van der Waals surface area contributed by atoms with Crippen molar-refractivity contribution in [3.8, 4) is 0 Å². The highest BCUT2D eigenvalue weighted by molar-refractivity contribution is 9.14. The summed E-state index contributed by atoms with van der Waals surface area (Å²) in [6.07, 6.45) is -0.901. The van der Waals surface area contributed by atoms with Gasteiger partial charge in [-0.25, -0.2) is 4.79 Å². The molecular formula is C13H6Br2O4. The van der Waals surface area contributed by atoms with Crippen LogP contribution in [0, 0.1) is 0 Å². The molecule has 1 aromatic carbocycles. The number of benzene rings is 1. The van der Waals surface area contributed by atoms with Gasteiger partial charge in [0.15, 0.2) is 11.9 Å². The number of halogens is 2. The number of rotatable bonds is 1. The molecule has 0 radical (unpaired) electrons. The van der Waals surface area contributed by atoms with E-state index in [1.807, 2.05) is 0 Å². The lowest BCUT2D eigenvalue weighted by Crippen LogP contribution is -2.18. The van der Waals surface area contributed by atoms with Gasteiger partial charge in [0.2, 0.25) is 0 Å². The molecule has 19 heavy (non-hydrogen) atoms. The van der Waals surface area contributed by atoms with Crippen molar-refractivity contribution in [2.45, 2.75) is 6.10 Å². The number of aliphatic hydroxyl groups excluding tert-OH is 1. The van der Waals surface area contributed by atoms with Crippen molar-refractivity contribution in [2.75, 3.05) is 0 Å². The minimum absolute atomic E-state index is 0.0795. The Morgan fingerprint density at radius 1 is 1.11 bits per heavy atom. The Hall–Kier alpha value is -1.40. The zero-order valence-corrected chi connectivity index (χ0v) is 12.5. The molecule has 1 aliphatic heterocycles. The highest BCUT2D eigenvalue weighted by Crippen LogP contribution is 2.41. The number of fused-ring (bicyclic) bond motifs is 1. The van der Waals surface area contributed by atoms with E-state index >= 15 is 0 Å². The van der Waals surface area contributed by atoms with E-state index in [-0.39, 0.29) is 21.6 Å². The highest BCUT2D eigenvalue weighted by Gasteiger charge is 2.42. The van der Waals surface area contributed by atoms with Crippen LogP contribution in [-0.4, -0.2) is 23.0 Å². The summed E-state index contributed by atoms with van der Waals surface area (Å²) in [7, 11) is 0. The summed E-state index contributed by atoms with van der Waals surface area (Å²) in [6.45, 7) is 0. The van der Waals surface area contributed by atoms with Crippen LogP contribution in [0.5, 0.6) is 0 Å². The van der Waals surface area contributed by atoms with Crippen LogP contribution in [0.15, 0.2) is 38.8 Å². The maximum absolute atomic E-state index is 12.3. The van der Waals surface area contributed by atoms with E-state index in [1.165, 1.54) is 0 Å². The van der Waals surface area contributed by atoms with Crippen LogP contribution in [0.2, 0.25) is 0 Å². The van der Waals surface area contributed by atoms with Crippen molar-refractivity contribution in [1.29, 1.82) is 0 Å². The van der Waals surface area contributed by atoms with E-state index in [4.69, 9.17) is 4.74 Å². The van der Waals surface area contributed by atoms with Gasteiger partial charge in [0.1, 0.15) is 10.2 Å². The minimum Gasteiger partial charge on any atom is -0.507 e. The van der Waals surface area contributed by atoms with Gasteiger partial charge < -0.3 is 9.84 Å². The van der Waals surface area contributed by atoms with Crippen LogP contribution >= 0.6 is 31.9 Å². The first-order valence-electron chi connectivity index (χ1n) is 5.35. The lowest BCUT2D eigenvalue weighted by molar-refractivity contribution is -0.137. The summed E-state index contributed by atoms with van der Waals surface area (Å²) < 4.78 is 5.72. The van der Waals surface area contributed by atoms with E-state index in [2.05, 4.69) is 31.9 Å². The molecular weight excluding hydrogens is 380 g/mol. The monoisotopic (exact) mass is 384 g/mol. The molecule has 0 saturated heterocycles. The quantitative estimate of drug-likeness (QED) is 0.754. The number of carbonyl (C=O) groups is 2. The first-order chi connectivity index (χ1) is 9.02. The maximum atomic E-state index is 12.3. The minimum atomic E-state index is -0.901. The van der Waals surface area contributed by atoms with Crippen molar-refractivity contribution in [3.05, 3.63) is 49.9 Å². The number of aliphatic hydroxyl groups is 1. The Morgan fingerprint density at radius 2 is 1.74 bits per heavy atom. The molecule has 0 saturated carbocycles. The maximum Gasteiger partial charge on any atom is 0.347 e. The molecule has 0 unspecified atom stereocenters. The fraction of sp³-hybridized carbons (Fsp3) is 0.0769. The number of ketones is 1. The van der Waals surface area contributed by atoms with Gasteiger partial charge in [-0.1, -0.05) is 24.3 Å². The summed E-state index contributed by atoms with van der Waals surface area (Å²) in [6, 6.07) is 6.73. The molecule has 0 aromatic heterocycles. The molecule has 0 amide bonds. The Labute approximate surface area is 125 Å². The summed E-state index contributed by atoms with van der Waals surface area (Å²) in [5, 5.41) is 10.2. The average Bonchev–Trinajstić information content (AvgIpc) is 2.80. The number of Topliss-reactive ketones (excluding diaryl/α,β-unsaturated/α-hetero) is 1.